The number of hydrogen-bond acceptors (Lipinski definition) is 6. The first-order valence-electron chi connectivity index (χ1n) is 9.90. The summed E-state index contributed by atoms with van der Waals surface area (Å²) in [6.07, 6.45) is 0.946. The second-order valence-electron chi connectivity index (χ2n) is 7.05. The lowest BCUT2D eigenvalue weighted by molar-refractivity contribution is 0.0273. The van der Waals surface area contributed by atoms with Crippen LogP contribution >= 0.6 is 22.6 Å². The Hall–Kier alpha value is -1.87. The molecule has 7 heteroatoms. The van der Waals surface area contributed by atoms with E-state index in [-0.39, 0.29) is 12.4 Å². The third-order valence-corrected chi connectivity index (χ3v) is 5.35. The van der Waals surface area contributed by atoms with E-state index in [0.29, 0.717) is 40.9 Å². The van der Waals surface area contributed by atoms with Crippen molar-refractivity contribution in [3.63, 3.8) is 0 Å². The lowest BCUT2D eigenvalue weighted by atomic mass is 10.0. The largest absolute Gasteiger partial charge is 0.504 e. The Balaban J connectivity index is 1.93. The zero-order valence-electron chi connectivity index (χ0n) is 17.8. The smallest absolute Gasteiger partial charge is 0.171 e. The van der Waals surface area contributed by atoms with Gasteiger partial charge in [-0.2, -0.15) is 0 Å². The minimum Gasteiger partial charge on any atom is -0.504 e. The van der Waals surface area contributed by atoms with E-state index >= 15 is 0 Å². The van der Waals surface area contributed by atoms with Crippen molar-refractivity contribution in [2.75, 3.05) is 27.4 Å². The van der Waals surface area contributed by atoms with Crippen LogP contribution in [0.3, 0.4) is 0 Å². The Morgan fingerprint density at radius 1 is 1.16 bits per heavy atom. The van der Waals surface area contributed by atoms with Crippen molar-refractivity contribution in [1.82, 2.24) is 0 Å². The maximum absolute atomic E-state index is 10.5. The first kappa shape index (κ1) is 25.4. The lowest BCUT2D eigenvalue weighted by Crippen LogP contribution is -2.17. The second-order valence-corrected chi connectivity index (χ2v) is 8.21. The van der Waals surface area contributed by atoms with E-state index in [1.165, 1.54) is 7.11 Å². The first-order chi connectivity index (χ1) is 14.9. The summed E-state index contributed by atoms with van der Waals surface area (Å²) < 4.78 is 16.5. The van der Waals surface area contributed by atoms with E-state index in [0.717, 1.165) is 11.1 Å². The molecule has 0 amide bonds. The third kappa shape index (κ3) is 8.65. The summed E-state index contributed by atoms with van der Waals surface area (Å²) >= 11 is 1.99. The maximum atomic E-state index is 10.5. The number of aromatic hydroxyl groups is 1. The molecular formula is C24H29IO6. The van der Waals surface area contributed by atoms with Gasteiger partial charge in [0, 0.05) is 20.0 Å². The molecule has 2 aromatic rings. The summed E-state index contributed by atoms with van der Waals surface area (Å²) in [5, 5.41) is 30.7. The van der Waals surface area contributed by atoms with Crippen LogP contribution in [0.5, 0.6) is 11.5 Å². The van der Waals surface area contributed by atoms with Gasteiger partial charge in [0.15, 0.2) is 11.5 Å². The molecule has 0 unspecified atom stereocenters. The van der Waals surface area contributed by atoms with E-state index in [4.69, 9.17) is 14.2 Å². The number of hydrogen-bond donors (Lipinski definition) is 3. The Morgan fingerprint density at radius 3 is 2.58 bits per heavy atom. The molecule has 0 saturated heterocycles. The quantitative estimate of drug-likeness (QED) is 0.277. The number of phenolic OH excluding ortho intramolecular Hbond substituents is 1. The SMILES string of the molecule is COCC(=C=CC[C@@H](O)c1cc(I)c(O)c(OC)c1)C[C@@H](O)COCc1ccccc1. The molecule has 31 heavy (non-hydrogen) atoms. The monoisotopic (exact) mass is 540 g/mol. The van der Waals surface area contributed by atoms with Crippen LogP contribution in [0.1, 0.15) is 30.1 Å². The molecule has 2 aromatic carbocycles. The molecule has 0 saturated carbocycles. The molecule has 2 atom stereocenters. The number of aliphatic hydroxyl groups excluding tert-OH is 2. The van der Waals surface area contributed by atoms with Crippen LogP contribution in [0.4, 0.5) is 0 Å². The molecule has 0 aliphatic heterocycles. The van der Waals surface area contributed by atoms with Crippen molar-refractivity contribution >= 4 is 22.6 Å². The van der Waals surface area contributed by atoms with Crippen molar-refractivity contribution in [1.29, 1.82) is 0 Å². The zero-order chi connectivity index (χ0) is 22.6. The number of methoxy groups -OCH3 is 2. The van der Waals surface area contributed by atoms with Crippen molar-refractivity contribution in [2.45, 2.75) is 31.7 Å². The van der Waals surface area contributed by atoms with Gasteiger partial charge in [-0.05, 0) is 57.5 Å². The fourth-order valence-corrected chi connectivity index (χ4v) is 3.58. The van der Waals surface area contributed by atoms with Gasteiger partial charge in [-0.3, -0.25) is 0 Å². The van der Waals surface area contributed by atoms with Gasteiger partial charge in [-0.25, -0.2) is 0 Å². The Bertz CT molecular complexity index is 877. The van der Waals surface area contributed by atoms with Crippen molar-refractivity contribution in [2.24, 2.45) is 0 Å². The molecule has 0 aliphatic rings. The standard InChI is InChI=1S/C24H29IO6/c1-29-14-18(11-20(26)16-31-15-17-7-4-3-5-8-17)9-6-10-22(27)19-12-21(25)24(28)23(13-19)30-2/h3-8,12-13,20,22,26-28H,10-11,14-16H2,1-2H3/t9?,20-,22-/m1/s1. The minimum absolute atomic E-state index is 0.0559. The van der Waals surface area contributed by atoms with E-state index in [1.54, 1.807) is 25.3 Å². The average molecular weight is 540 g/mol. The summed E-state index contributed by atoms with van der Waals surface area (Å²) in [4.78, 5) is 0. The average Bonchev–Trinajstić information content (AvgIpc) is 2.76. The van der Waals surface area contributed by atoms with Crippen LogP contribution < -0.4 is 4.74 Å². The summed E-state index contributed by atoms with van der Waals surface area (Å²) in [5.74, 6) is 0.375. The molecular weight excluding hydrogens is 511 g/mol. The first-order valence-corrected chi connectivity index (χ1v) is 11.0. The molecule has 2 rings (SSSR count). The number of rotatable bonds is 12. The molecule has 0 spiro atoms. The summed E-state index contributed by atoms with van der Waals surface area (Å²) in [6, 6.07) is 13.1. The zero-order valence-corrected chi connectivity index (χ0v) is 19.9. The predicted octanol–water partition coefficient (Wildman–Crippen LogP) is 4.12. The van der Waals surface area contributed by atoms with Crippen molar-refractivity contribution in [3.8, 4) is 11.5 Å². The normalized spacial score (nSPS) is 12.7. The topological polar surface area (TPSA) is 88.4 Å². The maximum Gasteiger partial charge on any atom is 0.171 e. The van der Waals surface area contributed by atoms with E-state index in [1.807, 2.05) is 52.9 Å². The molecule has 0 bridgehead atoms. The van der Waals surface area contributed by atoms with Gasteiger partial charge >= 0.3 is 0 Å². The van der Waals surface area contributed by atoms with Crippen LogP contribution in [0, 0.1) is 3.57 Å². The molecule has 6 nitrogen and oxygen atoms in total. The Morgan fingerprint density at radius 2 is 1.90 bits per heavy atom. The molecule has 0 radical (unpaired) electrons. The predicted molar refractivity (Wildman–Crippen MR) is 127 cm³/mol. The van der Waals surface area contributed by atoms with Crippen LogP contribution in [-0.2, 0) is 16.1 Å². The molecule has 0 heterocycles. The Labute approximate surface area is 196 Å². The lowest BCUT2D eigenvalue weighted by Gasteiger charge is -2.13. The summed E-state index contributed by atoms with van der Waals surface area (Å²) in [6.45, 7) is 0.976. The number of ether oxygens (including phenoxy) is 3. The number of aliphatic hydroxyl groups is 2. The number of halogens is 1. The number of benzene rings is 2. The molecule has 3 N–H and O–H groups in total. The van der Waals surface area contributed by atoms with Gasteiger partial charge in [-0.1, -0.05) is 30.3 Å². The molecule has 0 fully saturated rings. The van der Waals surface area contributed by atoms with Gasteiger partial charge in [0.25, 0.3) is 0 Å². The van der Waals surface area contributed by atoms with Crippen LogP contribution in [-0.4, -0.2) is 48.9 Å². The van der Waals surface area contributed by atoms with Gasteiger partial charge in [0.1, 0.15) is 0 Å². The fourth-order valence-electron chi connectivity index (χ4n) is 2.96. The van der Waals surface area contributed by atoms with Gasteiger partial charge in [-0.15, -0.1) is 5.73 Å². The van der Waals surface area contributed by atoms with Gasteiger partial charge < -0.3 is 29.5 Å². The van der Waals surface area contributed by atoms with Gasteiger partial charge in [0.2, 0.25) is 0 Å². The fraction of sp³-hybridized carbons (Fsp3) is 0.375. The Kier molecular flexibility index (Phi) is 11.1. The highest BCUT2D eigenvalue weighted by molar-refractivity contribution is 14.1. The number of phenols is 1. The van der Waals surface area contributed by atoms with Gasteiger partial charge in [0.05, 0.1) is 42.7 Å². The molecule has 0 aliphatic carbocycles. The van der Waals surface area contributed by atoms with Crippen LogP contribution in [0.15, 0.2) is 59.8 Å². The van der Waals surface area contributed by atoms with E-state index in [9.17, 15) is 15.3 Å². The molecule has 168 valence electrons. The van der Waals surface area contributed by atoms with Crippen LogP contribution in [0.2, 0.25) is 0 Å². The summed E-state index contributed by atoms with van der Waals surface area (Å²) in [5.41, 5.74) is 5.60. The minimum atomic E-state index is -0.779. The van der Waals surface area contributed by atoms with E-state index in [2.05, 4.69) is 5.73 Å². The highest BCUT2D eigenvalue weighted by Crippen LogP contribution is 2.35. The highest BCUT2D eigenvalue weighted by Gasteiger charge is 2.14. The molecule has 0 aromatic heterocycles. The third-order valence-electron chi connectivity index (χ3n) is 4.53. The highest BCUT2D eigenvalue weighted by atomic mass is 127. The van der Waals surface area contributed by atoms with E-state index < -0.39 is 12.2 Å². The van der Waals surface area contributed by atoms with Crippen LogP contribution in [0.25, 0.3) is 0 Å². The van der Waals surface area contributed by atoms with Crippen molar-refractivity contribution in [3.05, 3.63) is 74.5 Å². The van der Waals surface area contributed by atoms with Crippen molar-refractivity contribution < 1.29 is 29.5 Å². The second kappa shape index (κ2) is 13.5. The summed E-state index contributed by atoms with van der Waals surface area (Å²) in [7, 11) is 3.05.